The number of aryl methyl sites for hydroxylation is 1. The number of carbonyl (C=O) groups is 3. The second-order valence-electron chi connectivity index (χ2n) is 7.26. The first-order valence-electron chi connectivity index (χ1n) is 9.07. The van der Waals surface area contributed by atoms with Crippen LogP contribution in [-0.2, 0) is 30.2 Å². The molecule has 0 aliphatic heterocycles. The van der Waals surface area contributed by atoms with Crippen LogP contribution < -0.4 is 10.6 Å². The minimum atomic E-state index is -0.970. The third-order valence-corrected chi connectivity index (χ3v) is 3.71. The van der Waals surface area contributed by atoms with Gasteiger partial charge in [0.2, 0.25) is 5.91 Å². The van der Waals surface area contributed by atoms with Gasteiger partial charge in [-0.2, -0.15) is 0 Å². The molecule has 28 heavy (non-hydrogen) atoms. The van der Waals surface area contributed by atoms with Crippen LogP contribution in [0.3, 0.4) is 0 Å². The molecule has 8 nitrogen and oxygen atoms in total. The summed E-state index contributed by atoms with van der Waals surface area (Å²) in [7, 11) is 2.64. The number of amides is 2. The first-order valence-corrected chi connectivity index (χ1v) is 9.07. The Hall–Kier alpha value is -2.61. The van der Waals surface area contributed by atoms with E-state index in [1.807, 2.05) is 30.3 Å². The van der Waals surface area contributed by atoms with E-state index >= 15 is 0 Å². The van der Waals surface area contributed by atoms with Crippen LogP contribution in [-0.4, -0.2) is 56.5 Å². The van der Waals surface area contributed by atoms with Crippen molar-refractivity contribution in [2.45, 2.75) is 51.3 Å². The molecule has 2 N–H and O–H groups in total. The molecule has 0 unspecified atom stereocenters. The second-order valence-corrected chi connectivity index (χ2v) is 7.26. The highest BCUT2D eigenvalue weighted by Gasteiger charge is 2.28. The highest BCUT2D eigenvalue weighted by atomic mass is 16.6. The zero-order valence-electron chi connectivity index (χ0n) is 17.1. The van der Waals surface area contributed by atoms with E-state index in [2.05, 4.69) is 15.4 Å². The van der Waals surface area contributed by atoms with Crippen molar-refractivity contribution < 1.29 is 28.6 Å². The molecule has 1 rings (SSSR count). The Morgan fingerprint density at radius 2 is 1.64 bits per heavy atom. The number of alkyl carbamates (subject to hydrolysis) is 1. The molecule has 0 radical (unpaired) electrons. The normalized spacial score (nSPS) is 13.2. The Morgan fingerprint density at radius 3 is 2.18 bits per heavy atom. The number of hydrogen-bond acceptors (Lipinski definition) is 6. The molecule has 156 valence electrons. The SMILES string of the molecule is COC[C@H](NC(=O)[C@H](CCc1ccccc1)NC(=O)OC(C)(C)C)C(=O)OC. The lowest BCUT2D eigenvalue weighted by Crippen LogP contribution is -2.53. The van der Waals surface area contributed by atoms with Crippen molar-refractivity contribution >= 4 is 18.0 Å². The van der Waals surface area contributed by atoms with Gasteiger partial charge in [-0.1, -0.05) is 30.3 Å². The first-order chi connectivity index (χ1) is 13.2. The average Bonchev–Trinajstić information content (AvgIpc) is 2.63. The van der Waals surface area contributed by atoms with Crippen LogP contribution in [0.2, 0.25) is 0 Å². The van der Waals surface area contributed by atoms with E-state index in [9.17, 15) is 14.4 Å². The molecule has 0 aromatic heterocycles. The van der Waals surface area contributed by atoms with Crippen molar-refractivity contribution in [1.29, 1.82) is 0 Å². The van der Waals surface area contributed by atoms with Gasteiger partial charge in [-0.25, -0.2) is 9.59 Å². The van der Waals surface area contributed by atoms with E-state index in [1.54, 1.807) is 20.8 Å². The van der Waals surface area contributed by atoms with Crippen LogP contribution in [0, 0.1) is 0 Å². The van der Waals surface area contributed by atoms with Crippen molar-refractivity contribution in [2.75, 3.05) is 20.8 Å². The van der Waals surface area contributed by atoms with Gasteiger partial charge in [-0.3, -0.25) is 4.79 Å². The van der Waals surface area contributed by atoms with Gasteiger partial charge in [0.15, 0.2) is 6.04 Å². The topological polar surface area (TPSA) is 103 Å². The van der Waals surface area contributed by atoms with Crippen LogP contribution in [0.1, 0.15) is 32.8 Å². The van der Waals surface area contributed by atoms with Crippen LogP contribution in [0.15, 0.2) is 30.3 Å². The highest BCUT2D eigenvalue weighted by Crippen LogP contribution is 2.09. The maximum Gasteiger partial charge on any atom is 0.408 e. The van der Waals surface area contributed by atoms with Gasteiger partial charge in [-0.15, -0.1) is 0 Å². The molecule has 0 bridgehead atoms. The number of methoxy groups -OCH3 is 2. The summed E-state index contributed by atoms with van der Waals surface area (Å²) >= 11 is 0. The maximum absolute atomic E-state index is 12.7. The zero-order chi connectivity index (χ0) is 21.2. The maximum atomic E-state index is 12.7. The van der Waals surface area contributed by atoms with Crippen LogP contribution >= 0.6 is 0 Å². The summed E-state index contributed by atoms with van der Waals surface area (Å²) in [5, 5.41) is 5.15. The predicted octanol–water partition coefficient (Wildman–Crippen LogP) is 1.82. The largest absolute Gasteiger partial charge is 0.467 e. The monoisotopic (exact) mass is 394 g/mol. The molecule has 8 heteroatoms. The van der Waals surface area contributed by atoms with Crippen molar-refractivity contribution in [3.05, 3.63) is 35.9 Å². The number of benzene rings is 1. The summed E-state index contributed by atoms with van der Waals surface area (Å²) in [6.07, 6.45) is 0.180. The number of rotatable bonds is 9. The molecular formula is C20H30N2O6. The molecule has 0 fully saturated rings. The lowest BCUT2D eigenvalue weighted by Gasteiger charge is -2.24. The fourth-order valence-corrected chi connectivity index (χ4v) is 2.42. The van der Waals surface area contributed by atoms with Gasteiger partial charge in [-0.05, 0) is 39.2 Å². The molecule has 0 saturated carbocycles. The summed E-state index contributed by atoms with van der Waals surface area (Å²) in [6.45, 7) is 5.16. The lowest BCUT2D eigenvalue weighted by atomic mass is 10.0. The van der Waals surface area contributed by atoms with Gasteiger partial charge in [0.05, 0.1) is 13.7 Å². The van der Waals surface area contributed by atoms with Crippen molar-refractivity contribution in [3.63, 3.8) is 0 Å². The minimum absolute atomic E-state index is 0.0454. The van der Waals surface area contributed by atoms with E-state index in [0.29, 0.717) is 12.8 Å². The van der Waals surface area contributed by atoms with Gasteiger partial charge in [0, 0.05) is 7.11 Å². The molecule has 2 amide bonds. The van der Waals surface area contributed by atoms with Crippen LogP contribution in [0.5, 0.6) is 0 Å². The zero-order valence-corrected chi connectivity index (χ0v) is 17.1. The van der Waals surface area contributed by atoms with E-state index in [1.165, 1.54) is 14.2 Å². The average molecular weight is 394 g/mol. The number of esters is 1. The van der Waals surface area contributed by atoms with Gasteiger partial charge < -0.3 is 24.8 Å². The molecule has 1 aromatic carbocycles. The van der Waals surface area contributed by atoms with Crippen molar-refractivity contribution in [3.8, 4) is 0 Å². The fourth-order valence-electron chi connectivity index (χ4n) is 2.42. The molecule has 0 aliphatic rings. The summed E-state index contributed by atoms with van der Waals surface area (Å²) in [6, 6.07) is 7.71. The number of ether oxygens (including phenoxy) is 3. The molecule has 1 aromatic rings. The molecular weight excluding hydrogens is 364 g/mol. The third kappa shape index (κ3) is 8.85. The fraction of sp³-hybridized carbons (Fsp3) is 0.550. The summed E-state index contributed by atoms with van der Waals surface area (Å²) in [5.41, 5.74) is 0.322. The molecule has 0 aliphatic carbocycles. The molecule has 0 spiro atoms. The smallest absolute Gasteiger partial charge is 0.408 e. The van der Waals surface area contributed by atoms with E-state index in [4.69, 9.17) is 9.47 Å². The minimum Gasteiger partial charge on any atom is -0.467 e. The van der Waals surface area contributed by atoms with E-state index < -0.39 is 35.7 Å². The van der Waals surface area contributed by atoms with E-state index in [-0.39, 0.29) is 6.61 Å². The summed E-state index contributed by atoms with van der Waals surface area (Å²) < 4.78 is 14.9. The van der Waals surface area contributed by atoms with Crippen LogP contribution in [0.25, 0.3) is 0 Å². The molecule has 0 heterocycles. The Balaban J connectivity index is 2.85. The summed E-state index contributed by atoms with van der Waals surface area (Å²) in [4.78, 5) is 36.7. The predicted molar refractivity (Wildman–Crippen MR) is 104 cm³/mol. The molecule has 2 atom stereocenters. The number of nitrogens with one attached hydrogen (secondary N) is 2. The van der Waals surface area contributed by atoms with Gasteiger partial charge in [0.25, 0.3) is 0 Å². The van der Waals surface area contributed by atoms with Crippen molar-refractivity contribution in [2.24, 2.45) is 0 Å². The van der Waals surface area contributed by atoms with E-state index in [0.717, 1.165) is 5.56 Å². The van der Waals surface area contributed by atoms with Gasteiger partial charge >= 0.3 is 12.1 Å². The first kappa shape index (κ1) is 23.4. The Morgan fingerprint density at radius 1 is 1.00 bits per heavy atom. The van der Waals surface area contributed by atoms with Gasteiger partial charge in [0.1, 0.15) is 11.6 Å². The standard InChI is InChI=1S/C20H30N2O6/c1-20(2,3)28-19(25)22-15(12-11-14-9-7-6-8-10-14)17(23)21-16(13-26-4)18(24)27-5/h6-10,15-16H,11-13H2,1-5H3,(H,21,23)(H,22,25)/t15-,16-/m0/s1. The Kier molecular flexibility index (Phi) is 9.44. The highest BCUT2D eigenvalue weighted by molar-refractivity contribution is 5.89. The molecule has 0 saturated heterocycles. The number of hydrogen-bond donors (Lipinski definition) is 2. The second kappa shape index (κ2) is 11.3. The van der Waals surface area contributed by atoms with Crippen molar-refractivity contribution in [1.82, 2.24) is 10.6 Å². The van der Waals surface area contributed by atoms with Crippen LogP contribution in [0.4, 0.5) is 4.79 Å². The Bertz CT molecular complexity index is 642. The number of carbonyl (C=O) groups excluding carboxylic acids is 3. The summed E-state index contributed by atoms with van der Waals surface area (Å²) in [5.74, 6) is -1.15. The third-order valence-electron chi connectivity index (χ3n) is 3.71. The Labute approximate surface area is 165 Å². The lowest BCUT2D eigenvalue weighted by molar-refractivity contribution is -0.146. The quantitative estimate of drug-likeness (QED) is 0.619.